The van der Waals surface area contributed by atoms with Crippen molar-refractivity contribution in [2.24, 2.45) is 20.6 Å². The molecule has 0 atom stereocenters. The first-order chi connectivity index (χ1) is 38.1. The summed E-state index contributed by atoms with van der Waals surface area (Å²) in [6.07, 6.45) is 9.92. The molecule has 4 fully saturated rings. The van der Waals surface area contributed by atoms with Crippen LogP contribution in [0.4, 0.5) is 0 Å². The maximum absolute atomic E-state index is 13.2. The van der Waals surface area contributed by atoms with Crippen LogP contribution in [0.1, 0.15) is 128 Å². The lowest BCUT2D eigenvalue weighted by Gasteiger charge is -2.26. The van der Waals surface area contributed by atoms with E-state index in [2.05, 4.69) is 40.2 Å². The van der Waals surface area contributed by atoms with Crippen LogP contribution in [0.3, 0.4) is 0 Å². The number of ether oxygens (including phenoxy) is 2. The van der Waals surface area contributed by atoms with Gasteiger partial charge in [-0.05, 0) is 133 Å². The van der Waals surface area contributed by atoms with Gasteiger partial charge in [-0.3, -0.25) is 29.0 Å². The summed E-state index contributed by atoms with van der Waals surface area (Å²) in [5.74, 6) is -1.07. The van der Waals surface area contributed by atoms with Gasteiger partial charge in [-0.2, -0.15) is 0 Å². The fourth-order valence-corrected chi connectivity index (χ4v) is 11.6. The van der Waals surface area contributed by atoms with Crippen LogP contribution in [0.25, 0.3) is 22.3 Å². The maximum atomic E-state index is 13.2. The summed E-state index contributed by atoms with van der Waals surface area (Å²) in [5.41, 5.74) is 10.7. The number of benzene rings is 4. The topological polar surface area (TPSA) is 230 Å². The number of morpholine rings is 2. The average molecular weight is 1210 g/mol. The molecule has 0 amide bonds. The summed E-state index contributed by atoms with van der Waals surface area (Å²) < 4.78 is 10.7. The van der Waals surface area contributed by atoms with E-state index >= 15 is 0 Å². The van der Waals surface area contributed by atoms with Crippen LogP contribution in [-0.2, 0) is 22.3 Å². The molecular weight excluding hydrogens is 1130 g/mol. The summed E-state index contributed by atoms with van der Waals surface area (Å²) >= 11 is 0. The second kappa shape index (κ2) is 33.0. The number of hydrogen-bond acceptors (Lipinski definition) is 18. The average Bonchev–Trinajstić information content (AvgIpc) is 4.19. The zero-order valence-corrected chi connectivity index (χ0v) is 49.4. The Balaban J connectivity index is 0.000000287. The van der Waals surface area contributed by atoms with Gasteiger partial charge in [0, 0.05) is 100 Å². The van der Waals surface area contributed by atoms with Gasteiger partial charge in [0.05, 0.1) is 26.4 Å². The van der Waals surface area contributed by atoms with Crippen molar-refractivity contribution >= 4 is 95.6 Å². The molecule has 0 spiro atoms. The van der Waals surface area contributed by atoms with Crippen molar-refractivity contribution in [3.05, 3.63) is 117 Å². The molecular formula is C60H76Cl4N8O10. The Hall–Kier alpha value is -5.64. The minimum atomic E-state index is -0.288. The third-order valence-electron chi connectivity index (χ3n) is 16.1. The van der Waals surface area contributed by atoms with E-state index < -0.39 is 0 Å². The van der Waals surface area contributed by atoms with E-state index in [-0.39, 0.29) is 95.6 Å². The van der Waals surface area contributed by atoms with Gasteiger partial charge in [0.2, 0.25) is 23.1 Å². The van der Waals surface area contributed by atoms with E-state index in [4.69, 9.17) is 9.47 Å². The second-order valence-corrected chi connectivity index (χ2v) is 21.1. The molecule has 0 aromatic heterocycles. The number of rotatable bonds is 20. The van der Waals surface area contributed by atoms with Crippen LogP contribution in [0.5, 0.6) is 0 Å². The van der Waals surface area contributed by atoms with E-state index in [0.29, 0.717) is 100 Å². The van der Waals surface area contributed by atoms with Crippen LogP contribution in [0.15, 0.2) is 93.4 Å². The van der Waals surface area contributed by atoms with Gasteiger partial charge in [0.1, 0.15) is 22.8 Å². The monoisotopic (exact) mass is 1210 g/mol. The van der Waals surface area contributed by atoms with E-state index in [0.717, 1.165) is 110 Å². The molecule has 82 heavy (non-hydrogen) atoms. The first-order valence-corrected chi connectivity index (χ1v) is 27.7. The van der Waals surface area contributed by atoms with Crippen LogP contribution in [0, 0.1) is 0 Å². The molecule has 4 saturated heterocycles. The molecule has 0 bridgehead atoms. The predicted molar refractivity (Wildman–Crippen MR) is 326 cm³/mol. The summed E-state index contributed by atoms with van der Waals surface area (Å²) in [7, 11) is 0. The Kier molecular flexibility index (Phi) is 27.0. The maximum Gasteiger partial charge on any atom is 0.210 e. The number of ketones is 4. The van der Waals surface area contributed by atoms with E-state index in [1.807, 2.05) is 48.5 Å². The summed E-state index contributed by atoms with van der Waals surface area (Å²) in [6, 6.07) is 22.3. The van der Waals surface area contributed by atoms with Crippen molar-refractivity contribution in [2.45, 2.75) is 77.0 Å². The van der Waals surface area contributed by atoms with Crippen molar-refractivity contribution in [1.82, 2.24) is 19.6 Å². The van der Waals surface area contributed by atoms with E-state index in [9.17, 15) is 40.0 Å². The zero-order chi connectivity index (χ0) is 54.4. The number of likely N-dealkylation sites (tertiary alicyclic amines) is 2. The number of fused-ring (bicyclic) bond motifs is 6. The molecule has 0 unspecified atom stereocenters. The van der Waals surface area contributed by atoms with Crippen molar-refractivity contribution in [1.29, 1.82) is 0 Å². The summed E-state index contributed by atoms with van der Waals surface area (Å²) in [4.78, 5) is 61.6. The highest BCUT2D eigenvalue weighted by Crippen LogP contribution is 2.39. The number of oxime groups is 4. The van der Waals surface area contributed by atoms with Gasteiger partial charge in [0.25, 0.3) is 0 Å². The van der Waals surface area contributed by atoms with Crippen molar-refractivity contribution in [3.8, 4) is 22.3 Å². The molecule has 4 aromatic carbocycles. The number of hydrogen-bond donors (Lipinski definition) is 4. The molecule has 4 heterocycles. The van der Waals surface area contributed by atoms with Crippen LogP contribution >= 0.6 is 49.6 Å². The minimum absolute atomic E-state index is 0. The molecule has 4 aliphatic heterocycles. The number of halogens is 4. The third kappa shape index (κ3) is 16.8. The quantitative estimate of drug-likeness (QED) is 0.0242. The van der Waals surface area contributed by atoms with Crippen molar-refractivity contribution in [2.75, 3.05) is 105 Å². The number of Topliss-reactive ketones (excluding diaryl/α,β-unsaturated/α-hetero) is 4. The summed E-state index contributed by atoms with van der Waals surface area (Å²) in [6.45, 7) is 12.7. The lowest BCUT2D eigenvalue weighted by atomic mass is 9.97. The fourth-order valence-electron chi connectivity index (χ4n) is 11.6. The molecule has 6 aliphatic rings. The highest BCUT2D eigenvalue weighted by Gasteiger charge is 2.28. The smallest absolute Gasteiger partial charge is 0.210 e. The Bertz CT molecular complexity index is 2580. The number of piperidine rings is 2. The molecule has 4 N–H and O–H groups in total. The minimum Gasteiger partial charge on any atom is -0.411 e. The largest absolute Gasteiger partial charge is 0.411 e. The van der Waals surface area contributed by atoms with Crippen LogP contribution in [0.2, 0.25) is 0 Å². The predicted octanol–water partition coefficient (Wildman–Crippen LogP) is 9.45. The molecule has 0 saturated carbocycles. The molecule has 444 valence electrons. The zero-order valence-electron chi connectivity index (χ0n) is 46.2. The molecule has 2 aliphatic carbocycles. The molecule has 10 rings (SSSR count). The van der Waals surface area contributed by atoms with E-state index in [1.165, 1.54) is 38.5 Å². The normalized spacial score (nSPS) is 17.7. The number of carbonyl (C=O) groups is 4. The van der Waals surface area contributed by atoms with Crippen LogP contribution in [-0.4, -0.2) is 191 Å². The highest BCUT2D eigenvalue weighted by atomic mass is 35.5. The Morgan fingerprint density at radius 1 is 0.354 bits per heavy atom. The molecule has 18 nitrogen and oxygen atoms in total. The first kappa shape index (κ1) is 67.2. The summed E-state index contributed by atoms with van der Waals surface area (Å²) in [5, 5.41) is 51.5. The van der Waals surface area contributed by atoms with Gasteiger partial charge in [-0.25, -0.2) is 0 Å². The third-order valence-corrected chi connectivity index (χ3v) is 16.1. The SMILES string of the molecule is Cl.Cl.Cl.Cl.O=C(C(CCN1CCCCC1)=NO)c1ccc2c(c1)Cc1cc(C(=O)C(CCN3CCCCC3)=NO)ccc1-2.O=C(C(CCN1CCOCC1)=NO)c1ccc2c(c1)Cc1cc(C(=O)C(CCN3CCOCC3)=NO)ccc1-2. The highest BCUT2D eigenvalue weighted by molar-refractivity contribution is 6.47. The van der Waals surface area contributed by atoms with Gasteiger partial charge in [-0.15, -0.1) is 49.6 Å². The first-order valence-electron chi connectivity index (χ1n) is 27.7. The van der Waals surface area contributed by atoms with Gasteiger partial charge < -0.3 is 40.1 Å². The lowest BCUT2D eigenvalue weighted by molar-refractivity contribution is 0.0390. The van der Waals surface area contributed by atoms with E-state index in [1.54, 1.807) is 24.3 Å². The number of carbonyl (C=O) groups excluding carboxylic acids is 4. The van der Waals surface area contributed by atoms with Gasteiger partial charge in [-0.1, -0.05) is 82.0 Å². The molecule has 4 aromatic rings. The van der Waals surface area contributed by atoms with Crippen molar-refractivity contribution < 1.29 is 49.5 Å². The Morgan fingerprint density at radius 3 is 0.817 bits per heavy atom. The van der Waals surface area contributed by atoms with Crippen molar-refractivity contribution in [3.63, 3.8) is 0 Å². The Morgan fingerprint density at radius 2 is 0.585 bits per heavy atom. The van der Waals surface area contributed by atoms with Gasteiger partial charge in [0.15, 0.2) is 0 Å². The fraction of sp³-hybridized carbons (Fsp3) is 0.467. The Labute approximate surface area is 504 Å². The molecule has 22 heteroatoms. The lowest BCUT2D eigenvalue weighted by Crippen LogP contribution is -2.38. The number of nitrogens with zero attached hydrogens (tertiary/aromatic N) is 8. The van der Waals surface area contributed by atoms with Gasteiger partial charge >= 0.3 is 0 Å². The van der Waals surface area contributed by atoms with Crippen LogP contribution < -0.4 is 0 Å². The molecule has 0 radical (unpaired) electrons. The standard InChI is InChI=1S/C31H38N4O4.C29H34N4O6.4ClH/c36-30(28(32-38)11-17-34-13-3-1-4-14-34)22-7-9-26-24(19-22)21-25-20-23(8-10-27(25)26)31(37)29(33-39)12-18-35-15-5-2-6-16-35;34-28(26(30-36)5-7-32-9-13-38-14-10-32)20-1-3-24-22(17-20)19-23-18-21(2-4-25(23)24)29(35)27(31-37)6-8-33-11-15-39-16-12-33;;;;/h7-10,19-20,38-39H,1-6,11-18,21H2;1-4,17-18,36-37H,5-16,19H2;4*1H. The second-order valence-electron chi connectivity index (χ2n) is 21.1.